The minimum Gasteiger partial charge on any atom is -0.429 e. The first-order chi connectivity index (χ1) is 18.1. The number of ether oxygens (including phenoxy) is 2. The Bertz CT molecular complexity index is 1270. The summed E-state index contributed by atoms with van der Waals surface area (Å²) in [5, 5.41) is 0. The molecule has 4 rings (SSSR count). The number of allylic oxidation sites excluding steroid dienone is 2. The van der Waals surface area contributed by atoms with Crippen molar-refractivity contribution in [1.29, 1.82) is 0 Å². The molecular weight excluding hydrogens is 513 g/mol. The molecule has 1 atom stereocenters. The van der Waals surface area contributed by atoms with Crippen molar-refractivity contribution >= 4 is 5.57 Å². The normalized spacial score (nSPS) is 15.9. The fourth-order valence-electron chi connectivity index (χ4n) is 4.49. The van der Waals surface area contributed by atoms with Crippen molar-refractivity contribution in [2.24, 2.45) is 5.92 Å². The lowest BCUT2D eigenvalue weighted by Gasteiger charge is -2.22. The standard InChI is InChI=1S/C29H25F7O2/c1-2-37-12-11-17-3-5-18(6-4-17)19-7-9-20(10-8-19)21-13-23(30)27(24(31)14-21)29(35,36)38-22-15-25(32)28(34)26(33)16-22/h5,7-10,13-17H,2-4,6,11-12H2,1H3. The van der Waals surface area contributed by atoms with Gasteiger partial charge in [-0.05, 0) is 72.9 Å². The van der Waals surface area contributed by atoms with Gasteiger partial charge in [0.2, 0.25) is 0 Å². The number of hydrogen-bond acceptors (Lipinski definition) is 2. The fourth-order valence-corrected chi connectivity index (χ4v) is 4.49. The van der Waals surface area contributed by atoms with Crippen LogP contribution < -0.4 is 4.74 Å². The molecule has 1 unspecified atom stereocenters. The average Bonchev–Trinajstić information content (AvgIpc) is 2.87. The second-order valence-corrected chi connectivity index (χ2v) is 9.07. The molecule has 1 aliphatic rings. The van der Waals surface area contributed by atoms with Crippen LogP contribution in [0.3, 0.4) is 0 Å². The van der Waals surface area contributed by atoms with Gasteiger partial charge in [0.25, 0.3) is 0 Å². The Morgan fingerprint density at radius 2 is 1.42 bits per heavy atom. The highest BCUT2D eigenvalue weighted by molar-refractivity contribution is 5.71. The van der Waals surface area contributed by atoms with E-state index in [1.165, 1.54) is 5.57 Å². The molecule has 2 nitrogen and oxygen atoms in total. The molecule has 1 aliphatic carbocycles. The monoisotopic (exact) mass is 538 g/mol. The van der Waals surface area contributed by atoms with Crippen molar-refractivity contribution in [3.63, 3.8) is 0 Å². The van der Waals surface area contributed by atoms with Crippen molar-refractivity contribution in [3.05, 3.63) is 94.8 Å². The molecule has 38 heavy (non-hydrogen) atoms. The van der Waals surface area contributed by atoms with E-state index >= 15 is 0 Å². The summed E-state index contributed by atoms with van der Waals surface area (Å²) >= 11 is 0. The Balaban J connectivity index is 1.50. The molecule has 0 bridgehead atoms. The van der Waals surface area contributed by atoms with Crippen molar-refractivity contribution in [3.8, 4) is 16.9 Å². The summed E-state index contributed by atoms with van der Waals surface area (Å²) in [7, 11) is 0. The van der Waals surface area contributed by atoms with E-state index in [1.807, 2.05) is 6.92 Å². The zero-order valence-corrected chi connectivity index (χ0v) is 20.5. The van der Waals surface area contributed by atoms with Crippen LogP contribution in [0.25, 0.3) is 16.7 Å². The molecule has 0 saturated heterocycles. The highest BCUT2D eigenvalue weighted by Gasteiger charge is 2.41. The molecule has 0 N–H and O–H groups in total. The molecule has 0 saturated carbocycles. The van der Waals surface area contributed by atoms with Crippen LogP contribution in [-0.4, -0.2) is 13.2 Å². The van der Waals surface area contributed by atoms with Gasteiger partial charge >= 0.3 is 6.11 Å². The third-order valence-electron chi connectivity index (χ3n) is 6.52. The number of hydrogen-bond donors (Lipinski definition) is 0. The Labute approximate surface area is 215 Å². The fraction of sp³-hybridized carbons (Fsp3) is 0.310. The van der Waals surface area contributed by atoms with Gasteiger partial charge in [0.15, 0.2) is 17.5 Å². The second-order valence-electron chi connectivity index (χ2n) is 9.07. The average molecular weight is 539 g/mol. The van der Waals surface area contributed by atoms with E-state index in [-0.39, 0.29) is 17.7 Å². The number of alkyl halides is 2. The van der Waals surface area contributed by atoms with E-state index in [9.17, 15) is 30.7 Å². The topological polar surface area (TPSA) is 18.5 Å². The number of benzene rings is 3. The van der Waals surface area contributed by atoms with Crippen LogP contribution in [0, 0.1) is 35.0 Å². The number of rotatable bonds is 9. The largest absolute Gasteiger partial charge is 0.432 e. The van der Waals surface area contributed by atoms with Gasteiger partial charge in [-0.1, -0.05) is 30.3 Å². The zero-order chi connectivity index (χ0) is 27.4. The molecule has 0 fully saturated rings. The number of halogens is 7. The van der Waals surface area contributed by atoms with E-state index in [1.54, 1.807) is 24.3 Å². The second kappa shape index (κ2) is 11.6. The molecule has 0 aliphatic heterocycles. The Hall–Kier alpha value is -3.33. The molecule has 0 aromatic heterocycles. The Kier molecular flexibility index (Phi) is 8.45. The Morgan fingerprint density at radius 3 is 1.97 bits per heavy atom. The first kappa shape index (κ1) is 27.7. The van der Waals surface area contributed by atoms with Gasteiger partial charge < -0.3 is 9.47 Å². The summed E-state index contributed by atoms with van der Waals surface area (Å²) in [4.78, 5) is 0. The lowest BCUT2D eigenvalue weighted by atomic mass is 9.85. The lowest BCUT2D eigenvalue weighted by Crippen LogP contribution is -2.25. The van der Waals surface area contributed by atoms with E-state index in [4.69, 9.17) is 4.74 Å². The van der Waals surface area contributed by atoms with E-state index in [2.05, 4.69) is 10.8 Å². The predicted molar refractivity (Wildman–Crippen MR) is 129 cm³/mol. The van der Waals surface area contributed by atoms with Crippen molar-refractivity contribution in [2.75, 3.05) is 13.2 Å². The lowest BCUT2D eigenvalue weighted by molar-refractivity contribution is -0.189. The van der Waals surface area contributed by atoms with Crippen molar-refractivity contribution in [1.82, 2.24) is 0 Å². The molecule has 3 aromatic carbocycles. The minimum atomic E-state index is -4.64. The highest BCUT2D eigenvalue weighted by atomic mass is 19.3. The van der Waals surface area contributed by atoms with Crippen LogP contribution in [0.15, 0.2) is 54.6 Å². The summed E-state index contributed by atoms with van der Waals surface area (Å²) < 4.78 is 108. The van der Waals surface area contributed by atoms with Gasteiger partial charge in [-0.15, -0.1) is 0 Å². The molecule has 3 aromatic rings. The first-order valence-electron chi connectivity index (χ1n) is 12.2. The van der Waals surface area contributed by atoms with Gasteiger partial charge in [-0.2, -0.15) is 8.78 Å². The van der Waals surface area contributed by atoms with E-state index < -0.39 is 46.5 Å². The third kappa shape index (κ3) is 6.20. The van der Waals surface area contributed by atoms with Crippen molar-refractivity contribution in [2.45, 2.75) is 38.7 Å². The van der Waals surface area contributed by atoms with Crippen LogP contribution in [0.2, 0.25) is 0 Å². The summed E-state index contributed by atoms with van der Waals surface area (Å²) in [6.07, 6.45) is 1.42. The predicted octanol–water partition coefficient (Wildman–Crippen LogP) is 8.79. The maximum absolute atomic E-state index is 14.7. The molecule has 0 radical (unpaired) electrons. The maximum Gasteiger partial charge on any atom is 0.432 e. The first-order valence-corrected chi connectivity index (χ1v) is 12.2. The van der Waals surface area contributed by atoms with E-state index in [0.717, 1.165) is 50.0 Å². The summed E-state index contributed by atoms with van der Waals surface area (Å²) in [6.45, 7) is 3.41. The van der Waals surface area contributed by atoms with Crippen LogP contribution >= 0.6 is 0 Å². The van der Waals surface area contributed by atoms with Crippen LogP contribution in [0.5, 0.6) is 5.75 Å². The summed E-state index contributed by atoms with van der Waals surface area (Å²) in [5.74, 6) is -9.29. The molecule has 202 valence electrons. The summed E-state index contributed by atoms with van der Waals surface area (Å²) in [5.41, 5.74) is 0.805. The highest BCUT2D eigenvalue weighted by Crippen LogP contribution is 2.38. The maximum atomic E-state index is 14.7. The smallest absolute Gasteiger partial charge is 0.429 e. The van der Waals surface area contributed by atoms with E-state index in [0.29, 0.717) is 18.1 Å². The molecular formula is C29H25F7O2. The zero-order valence-electron chi connectivity index (χ0n) is 20.5. The molecule has 0 heterocycles. The molecule has 9 heteroatoms. The van der Waals surface area contributed by atoms with Gasteiger partial charge in [0.05, 0.1) is 0 Å². The molecule has 0 spiro atoms. The van der Waals surface area contributed by atoms with Crippen LogP contribution in [-0.2, 0) is 10.8 Å². The van der Waals surface area contributed by atoms with Crippen LogP contribution in [0.4, 0.5) is 30.7 Å². The summed E-state index contributed by atoms with van der Waals surface area (Å²) in [6, 6.07) is 8.65. The third-order valence-corrected chi connectivity index (χ3v) is 6.52. The van der Waals surface area contributed by atoms with Gasteiger partial charge in [-0.25, -0.2) is 22.0 Å². The quantitative estimate of drug-likeness (QED) is 0.154. The minimum absolute atomic E-state index is 0.0126. The van der Waals surface area contributed by atoms with Crippen LogP contribution in [0.1, 0.15) is 43.7 Å². The SMILES string of the molecule is CCOCCC1CC=C(c2ccc(-c3cc(F)c(C(F)(F)Oc4cc(F)c(F)c(F)c4)c(F)c3)cc2)CC1. The molecule has 0 amide bonds. The Morgan fingerprint density at radius 1 is 0.816 bits per heavy atom. The van der Waals surface area contributed by atoms with Gasteiger partial charge in [0, 0.05) is 25.3 Å². The van der Waals surface area contributed by atoms with Crippen molar-refractivity contribution < 1.29 is 40.2 Å². The van der Waals surface area contributed by atoms with Gasteiger partial charge in [-0.3, -0.25) is 0 Å². The van der Waals surface area contributed by atoms with Gasteiger partial charge in [0.1, 0.15) is 22.9 Å².